The van der Waals surface area contributed by atoms with E-state index in [1.807, 2.05) is 0 Å². The third-order valence-electron chi connectivity index (χ3n) is 2.71. The van der Waals surface area contributed by atoms with Gasteiger partial charge in [0.2, 0.25) is 5.91 Å². The van der Waals surface area contributed by atoms with Gasteiger partial charge < -0.3 is 26.2 Å². The number of benzene rings is 1. The van der Waals surface area contributed by atoms with Crippen LogP contribution in [-0.2, 0) is 16.0 Å². The minimum absolute atomic E-state index is 0.0474. The molecule has 8 nitrogen and oxygen atoms in total. The molecule has 21 heavy (non-hydrogen) atoms. The van der Waals surface area contributed by atoms with Crippen LogP contribution in [0, 0.1) is 0 Å². The molecular weight excluding hydrogens is 278 g/mol. The highest BCUT2D eigenvalue weighted by molar-refractivity contribution is 5.86. The van der Waals surface area contributed by atoms with Crippen molar-refractivity contribution in [2.75, 3.05) is 13.6 Å². The summed E-state index contributed by atoms with van der Waals surface area (Å²) in [5.41, 5.74) is 5.60. The highest BCUT2D eigenvalue weighted by atomic mass is 16.4. The minimum Gasteiger partial charge on any atom is -0.508 e. The Hall–Kier alpha value is -2.77. The molecule has 3 amide bonds. The highest BCUT2D eigenvalue weighted by Crippen LogP contribution is 2.11. The number of carbonyl (C=O) groups excluding carboxylic acids is 2. The molecule has 0 heterocycles. The number of hydrogen-bond donors (Lipinski definition) is 4. The molecule has 1 aromatic carbocycles. The molecule has 1 atom stereocenters. The summed E-state index contributed by atoms with van der Waals surface area (Å²) in [6.07, 6.45) is 0.0474. The Bertz CT molecular complexity index is 529. The number of likely N-dealkylation sites (N-methyl/N-ethyl adjacent to an activating group) is 1. The largest absolute Gasteiger partial charge is 0.508 e. The quantitative estimate of drug-likeness (QED) is 0.562. The Balaban J connectivity index is 2.69. The summed E-state index contributed by atoms with van der Waals surface area (Å²) in [4.78, 5) is 34.6. The van der Waals surface area contributed by atoms with Crippen LogP contribution in [-0.4, -0.2) is 52.7 Å². The van der Waals surface area contributed by atoms with Gasteiger partial charge in [-0.2, -0.15) is 0 Å². The van der Waals surface area contributed by atoms with E-state index in [-0.39, 0.29) is 18.7 Å². The van der Waals surface area contributed by atoms with Gasteiger partial charge in [-0.05, 0) is 17.7 Å². The summed E-state index contributed by atoms with van der Waals surface area (Å²) < 4.78 is 0. The lowest BCUT2D eigenvalue weighted by atomic mass is 10.1. The van der Waals surface area contributed by atoms with Gasteiger partial charge in [-0.3, -0.25) is 4.79 Å². The molecule has 5 N–H and O–H groups in total. The standard InChI is InChI=1S/C13H17N3O5/c1-16(7-11(14)18)13(21)15-10(12(19)20)6-8-2-4-9(17)5-3-8/h2-5,10,17H,6-7H2,1H3,(H2,14,18)(H,15,21)(H,19,20)/t10-/m0/s1. The van der Waals surface area contributed by atoms with Gasteiger partial charge in [0.15, 0.2) is 0 Å². The van der Waals surface area contributed by atoms with Crippen LogP contribution in [0.1, 0.15) is 5.56 Å². The molecule has 0 aliphatic carbocycles. The third kappa shape index (κ3) is 5.39. The number of aromatic hydroxyl groups is 1. The van der Waals surface area contributed by atoms with Crippen molar-refractivity contribution in [3.05, 3.63) is 29.8 Å². The summed E-state index contributed by atoms with van der Waals surface area (Å²) in [6, 6.07) is 4.11. The summed E-state index contributed by atoms with van der Waals surface area (Å²) in [7, 11) is 1.33. The number of nitrogens with one attached hydrogen (secondary N) is 1. The maximum Gasteiger partial charge on any atom is 0.326 e. The molecular formula is C13H17N3O5. The molecule has 0 fully saturated rings. The average molecular weight is 295 g/mol. The van der Waals surface area contributed by atoms with E-state index in [0.29, 0.717) is 5.56 Å². The zero-order valence-electron chi connectivity index (χ0n) is 11.4. The average Bonchev–Trinajstić information content (AvgIpc) is 2.39. The number of nitrogens with two attached hydrogens (primary N) is 1. The van der Waals surface area contributed by atoms with Crippen molar-refractivity contribution in [2.24, 2.45) is 5.73 Å². The third-order valence-corrected chi connectivity index (χ3v) is 2.71. The van der Waals surface area contributed by atoms with Crippen LogP contribution in [0.3, 0.4) is 0 Å². The fourth-order valence-corrected chi connectivity index (χ4v) is 1.63. The number of primary amides is 1. The number of urea groups is 1. The maximum absolute atomic E-state index is 11.7. The number of carboxylic acid groups (broad SMARTS) is 1. The van der Waals surface area contributed by atoms with Gasteiger partial charge in [-0.1, -0.05) is 12.1 Å². The van der Waals surface area contributed by atoms with Crippen molar-refractivity contribution >= 4 is 17.9 Å². The second kappa shape index (κ2) is 7.13. The lowest BCUT2D eigenvalue weighted by Crippen LogP contribution is -2.49. The van der Waals surface area contributed by atoms with Crippen LogP contribution >= 0.6 is 0 Å². The minimum atomic E-state index is -1.20. The fourth-order valence-electron chi connectivity index (χ4n) is 1.63. The second-order valence-corrected chi connectivity index (χ2v) is 4.53. The highest BCUT2D eigenvalue weighted by Gasteiger charge is 2.22. The smallest absolute Gasteiger partial charge is 0.326 e. The van der Waals surface area contributed by atoms with Gasteiger partial charge >= 0.3 is 12.0 Å². The van der Waals surface area contributed by atoms with Crippen molar-refractivity contribution < 1.29 is 24.6 Å². The summed E-state index contributed by atoms with van der Waals surface area (Å²) in [5, 5.41) is 20.6. The topological polar surface area (TPSA) is 133 Å². The predicted molar refractivity (Wildman–Crippen MR) is 73.6 cm³/mol. The summed E-state index contributed by atoms with van der Waals surface area (Å²) >= 11 is 0. The van der Waals surface area contributed by atoms with Crippen LogP contribution in [0.2, 0.25) is 0 Å². The zero-order chi connectivity index (χ0) is 16.0. The van der Waals surface area contributed by atoms with Crippen LogP contribution < -0.4 is 11.1 Å². The number of nitrogens with zero attached hydrogens (tertiary/aromatic N) is 1. The van der Waals surface area contributed by atoms with E-state index in [4.69, 9.17) is 15.9 Å². The molecule has 0 bridgehead atoms. The molecule has 0 unspecified atom stereocenters. The summed E-state index contributed by atoms with van der Waals surface area (Å²) in [6.45, 7) is -0.308. The SMILES string of the molecule is CN(CC(N)=O)C(=O)N[C@@H](Cc1ccc(O)cc1)C(=O)O. The first kappa shape index (κ1) is 16.3. The number of carboxylic acids is 1. The number of rotatable bonds is 6. The number of amides is 3. The number of phenols is 1. The Morgan fingerprint density at radius 1 is 1.29 bits per heavy atom. The van der Waals surface area contributed by atoms with E-state index >= 15 is 0 Å². The fraction of sp³-hybridized carbons (Fsp3) is 0.308. The molecule has 0 aliphatic rings. The van der Waals surface area contributed by atoms with Crippen molar-refractivity contribution in [2.45, 2.75) is 12.5 Å². The molecule has 8 heteroatoms. The normalized spacial score (nSPS) is 11.5. The molecule has 0 radical (unpaired) electrons. The summed E-state index contributed by atoms with van der Waals surface area (Å²) in [5.74, 6) is -1.84. The lowest BCUT2D eigenvalue weighted by Gasteiger charge is -2.20. The first-order valence-corrected chi connectivity index (χ1v) is 6.10. The lowest BCUT2D eigenvalue weighted by molar-refractivity contribution is -0.139. The van der Waals surface area contributed by atoms with E-state index in [0.717, 1.165) is 4.90 Å². The zero-order valence-corrected chi connectivity index (χ0v) is 11.4. The Morgan fingerprint density at radius 2 is 1.86 bits per heavy atom. The van der Waals surface area contributed by atoms with Crippen molar-refractivity contribution in [1.29, 1.82) is 0 Å². The van der Waals surface area contributed by atoms with Gasteiger partial charge in [0.05, 0.1) is 0 Å². The van der Waals surface area contributed by atoms with Crippen LogP contribution in [0.15, 0.2) is 24.3 Å². The monoisotopic (exact) mass is 295 g/mol. The van der Waals surface area contributed by atoms with Crippen LogP contribution in [0.25, 0.3) is 0 Å². The van der Waals surface area contributed by atoms with Crippen molar-refractivity contribution in [3.63, 3.8) is 0 Å². The molecule has 0 saturated carbocycles. The number of hydrogen-bond acceptors (Lipinski definition) is 4. The van der Waals surface area contributed by atoms with E-state index in [2.05, 4.69) is 5.32 Å². The molecule has 0 spiro atoms. The van der Waals surface area contributed by atoms with Gasteiger partial charge in [-0.15, -0.1) is 0 Å². The van der Waals surface area contributed by atoms with Gasteiger partial charge in [0.25, 0.3) is 0 Å². The van der Waals surface area contributed by atoms with Crippen molar-refractivity contribution in [1.82, 2.24) is 10.2 Å². The van der Waals surface area contributed by atoms with Gasteiger partial charge in [0.1, 0.15) is 18.3 Å². The molecule has 1 rings (SSSR count). The number of carbonyl (C=O) groups is 3. The first-order chi connectivity index (χ1) is 9.79. The number of phenolic OH excluding ortho intramolecular Hbond substituents is 1. The number of aliphatic carboxylic acids is 1. The molecule has 0 aromatic heterocycles. The van der Waals surface area contributed by atoms with Gasteiger partial charge in [0, 0.05) is 13.5 Å². The molecule has 0 aliphatic heterocycles. The van der Waals surface area contributed by atoms with E-state index < -0.39 is 23.9 Å². The Labute approximate surface area is 121 Å². The van der Waals surface area contributed by atoms with Crippen LogP contribution in [0.5, 0.6) is 5.75 Å². The van der Waals surface area contributed by atoms with E-state index in [1.165, 1.54) is 19.2 Å². The van der Waals surface area contributed by atoms with E-state index in [9.17, 15) is 14.4 Å². The molecule has 0 saturated heterocycles. The Kier molecular flexibility index (Phi) is 5.53. The van der Waals surface area contributed by atoms with Crippen LogP contribution in [0.4, 0.5) is 4.79 Å². The Morgan fingerprint density at radius 3 is 2.33 bits per heavy atom. The molecule has 1 aromatic rings. The second-order valence-electron chi connectivity index (χ2n) is 4.53. The first-order valence-electron chi connectivity index (χ1n) is 6.10. The van der Waals surface area contributed by atoms with E-state index in [1.54, 1.807) is 12.1 Å². The van der Waals surface area contributed by atoms with Gasteiger partial charge in [-0.25, -0.2) is 9.59 Å². The molecule has 114 valence electrons. The predicted octanol–water partition coefficient (Wildman–Crippen LogP) is -0.485. The van der Waals surface area contributed by atoms with Crippen molar-refractivity contribution in [3.8, 4) is 5.75 Å². The maximum atomic E-state index is 11.7.